The minimum atomic E-state index is -0.705. The van der Waals surface area contributed by atoms with Gasteiger partial charge in [-0.1, -0.05) is 17.7 Å². The molecule has 0 radical (unpaired) electrons. The molecule has 0 aliphatic heterocycles. The zero-order valence-corrected chi connectivity index (χ0v) is 11.6. The van der Waals surface area contributed by atoms with Crippen molar-refractivity contribution in [1.29, 1.82) is 0 Å². The Balaban J connectivity index is 2.36. The second-order valence-corrected chi connectivity index (χ2v) is 5.05. The molecular formula is C14H16ClN3O. The van der Waals surface area contributed by atoms with Crippen LogP contribution >= 0.6 is 11.6 Å². The summed E-state index contributed by atoms with van der Waals surface area (Å²) in [5, 5.41) is 13.6. The van der Waals surface area contributed by atoms with Crippen molar-refractivity contribution in [3.8, 4) is 0 Å². The van der Waals surface area contributed by atoms with E-state index < -0.39 is 5.54 Å². The fourth-order valence-electron chi connectivity index (χ4n) is 2.01. The number of aryl methyl sites for hydroxylation is 1. The number of nitrogens with one attached hydrogen (secondary N) is 1. The molecule has 1 aromatic heterocycles. The van der Waals surface area contributed by atoms with Gasteiger partial charge in [0.2, 0.25) is 0 Å². The van der Waals surface area contributed by atoms with Crippen LogP contribution < -0.4 is 5.32 Å². The molecule has 4 nitrogen and oxygen atoms in total. The third kappa shape index (κ3) is 3.03. The highest BCUT2D eigenvalue weighted by Crippen LogP contribution is 2.27. The predicted molar refractivity (Wildman–Crippen MR) is 76.3 cm³/mol. The average molecular weight is 278 g/mol. The van der Waals surface area contributed by atoms with Crippen LogP contribution in [0.5, 0.6) is 0 Å². The van der Waals surface area contributed by atoms with Gasteiger partial charge in [0, 0.05) is 23.1 Å². The lowest BCUT2D eigenvalue weighted by atomic mass is 9.96. The Bertz CT molecular complexity index is 576. The molecule has 0 fully saturated rings. The van der Waals surface area contributed by atoms with Crippen LogP contribution in [0.15, 0.2) is 36.7 Å². The maximum Gasteiger partial charge on any atom is 0.102 e. The number of nitrogens with zero attached hydrogens (tertiary/aromatic N) is 2. The minimum Gasteiger partial charge on any atom is -0.394 e. The minimum absolute atomic E-state index is 0.0982. The van der Waals surface area contributed by atoms with E-state index in [4.69, 9.17) is 11.6 Å². The van der Waals surface area contributed by atoms with Crippen LogP contribution in [-0.4, -0.2) is 21.7 Å². The van der Waals surface area contributed by atoms with Crippen LogP contribution in [-0.2, 0) is 5.54 Å². The highest BCUT2D eigenvalue weighted by molar-refractivity contribution is 6.30. The van der Waals surface area contributed by atoms with Crippen LogP contribution in [0.4, 0.5) is 5.69 Å². The first-order valence-electron chi connectivity index (χ1n) is 5.98. The largest absolute Gasteiger partial charge is 0.394 e. The number of benzene rings is 1. The number of rotatable bonds is 4. The van der Waals surface area contributed by atoms with Gasteiger partial charge in [0.25, 0.3) is 0 Å². The molecule has 0 saturated carbocycles. The van der Waals surface area contributed by atoms with E-state index in [-0.39, 0.29) is 6.61 Å². The Morgan fingerprint density at radius 1 is 1.32 bits per heavy atom. The Hall–Kier alpha value is -1.65. The van der Waals surface area contributed by atoms with Crippen LogP contribution in [0.1, 0.15) is 18.3 Å². The third-order valence-electron chi connectivity index (χ3n) is 2.96. The second-order valence-electron chi connectivity index (χ2n) is 4.62. The van der Waals surface area contributed by atoms with Gasteiger partial charge in [-0.15, -0.1) is 0 Å². The molecule has 0 amide bonds. The summed E-state index contributed by atoms with van der Waals surface area (Å²) in [5.74, 6) is 0. The molecule has 0 aliphatic carbocycles. The van der Waals surface area contributed by atoms with Crippen molar-refractivity contribution in [2.24, 2.45) is 0 Å². The molecule has 2 aromatic rings. The number of anilines is 1. The van der Waals surface area contributed by atoms with E-state index in [9.17, 15) is 5.11 Å². The lowest BCUT2D eigenvalue weighted by Crippen LogP contribution is -2.37. The Kier molecular flexibility index (Phi) is 4.02. The lowest BCUT2D eigenvalue weighted by molar-refractivity contribution is 0.220. The first-order valence-corrected chi connectivity index (χ1v) is 6.36. The number of aromatic nitrogens is 2. The summed E-state index contributed by atoms with van der Waals surface area (Å²) in [4.78, 5) is 8.53. The van der Waals surface area contributed by atoms with E-state index >= 15 is 0 Å². The van der Waals surface area contributed by atoms with E-state index in [2.05, 4.69) is 15.3 Å². The summed E-state index contributed by atoms with van der Waals surface area (Å²) in [6.07, 6.45) is 3.26. The predicted octanol–water partition coefficient (Wildman–Crippen LogP) is 2.76. The highest BCUT2D eigenvalue weighted by Gasteiger charge is 2.29. The fourth-order valence-corrected chi connectivity index (χ4v) is 2.20. The van der Waals surface area contributed by atoms with E-state index in [0.717, 1.165) is 17.1 Å². The Labute approximate surface area is 117 Å². The molecule has 0 spiro atoms. The molecule has 0 bridgehead atoms. The molecule has 1 atom stereocenters. The highest BCUT2D eigenvalue weighted by atomic mass is 35.5. The van der Waals surface area contributed by atoms with E-state index in [1.165, 1.54) is 0 Å². The maximum atomic E-state index is 9.73. The van der Waals surface area contributed by atoms with Gasteiger partial charge in [-0.05, 0) is 32.0 Å². The van der Waals surface area contributed by atoms with Crippen molar-refractivity contribution in [3.63, 3.8) is 0 Å². The molecular weight excluding hydrogens is 262 g/mol. The zero-order chi connectivity index (χ0) is 13.9. The topological polar surface area (TPSA) is 58.0 Å². The number of hydrogen-bond donors (Lipinski definition) is 2. The molecule has 2 rings (SSSR count). The molecule has 2 N–H and O–H groups in total. The molecule has 1 unspecified atom stereocenters. The Morgan fingerprint density at radius 2 is 2.05 bits per heavy atom. The van der Waals surface area contributed by atoms with Crippen LogP contribution in [0, 0.1) is 6.92 Å². The van der Waals surface area contributed by atoms with Crippen LogP contribution in [0.2, 0.25) is 5.02 Å². The molecule has 1 aromatic carbocycles. The van der Waals surface area contributed by atoms with Crippen LogP contribution in [0.25, 0.3) is 0 Å². The zero-order valence-electron chi connectivity index (χ0n) is 10.9. The summed E-state index contributed by atoms with van der Waals surface area (Å²) in [7, 11) is 0. The first-order chi connectivity index (χ1) is 9.05. The number of hydrogen-bond acceptors (Lipinski definition) is 4. The molecule has 0 aliphatic rings. The van der Waals surface area contributed by atoms with Gasteiger partial charge in [0.15, 0.2) is 0 Å². The van der Waals surface area contributed by atoms with Gasteiger partial charge in [-0.25, -0.2) is 0 Å². The number of aliphatic hydroxyl groups is 1. The number of halogens is 1. The van der Waals surface area contributed by atoms with Crippen molar-refractivity contribution in [1.82, 2.24) is 9.97 Å². The summed E-state index contributed by atoms with van der Waals surface area (Å²) < 4.78 is 0. The monoisotopic (exact) mass is 277 g/mol. The van der Waals surface area contributed by atoms with Gasteiger partial charge < -0.3 is 10.4 Å². The lowest BCUT2D eigenvalue weighted by Gasteiger charge is -2.30. The molecule has 1 heterocycles. The SMILES string of the molecule is Cc1nccnc1C(C)(CO)Nc1cccc(Cl)c1. The van der Waals surface area contributed by atoms with Crippen molar-refractivity contribution < 1.29 is 5.11 Å². The average Bonchev–Trinajstić information content (AvgIpc) is 2.39. The summed E-state index contributed by atoms with van der Waals surface area (Å²) in [5.41, 5.74) is 1.63. The van der Waals surface area contributed by atoms with Crippen molar-refractivity contribution in [3.05, 3.63) is 53.1 Å². The quantitative estimate of drug-likeness (QED) is 0.902. The third-order valence-corrected chi connectivity index (χ3v) is 3.20. The van der Waals surface area contributed by atoms with E-state index in [1.54, 1.807) is 24.5 Å². The van der Waals surface area contributed by atoms with E-state index in [0.29, 0.717) is 5.02 Å². The normalized spacial score (nSPS) is 13.9. The second kappa shape index (κ2) is 5.55. The smallest absolute Gasteiger partial charge is 0.102 e. The molecule has 19 heavy (non-hydrogen) atoms. The number of aliphatic hydroxyl groups excluding tert-OH is 1. The fraction of sp³-hybridized carbons (Fsp3) is 0.286. The Morgan fingerprint density at radius 3 is 2.68 bits per heavy atom. The standard InChI is InChI=1S/C14H16ClN3O/c1-10-13(17-7-6-16-10)14(2,9-19)18-12-5-3-4-11(15)8-12/h3-8,18-19H,9H2,1-2H3. The molecule has 0 saturated heterocycles. The van der Waals surface area contributed by atoms with Crippen molar-refractivity contribution in [2.45, 2.75) is 19.4 Å². The van der Waals surface area contributed by atoms with Crippen molar-refractivity contribution in [2.75, 3.05) is 11.9 Å². The summed E-state index contributed by atoms with van der Waals surface area (Å²) >= 11 is 5.96. The summed E-state index contributed by atoms with van der Waals surface area (Å²) in [6, 6.07) is 7.36. The van der Waals surface area contributed by atoms with Gasteiger partial charge >= 0.3 is 0 Å². The first kappa shape index (κ1) is 13.8. The van der Waals surface area contributed by atoms with Crippen LogP contribution in [0.3, 0.4) is 0 Å². The van der Waals surface area contributed by atoms with Gasteiger partial charge in [-0.2, -0.15) is 0 Å². The maximum absolute atomic E-state index is 9.73. The summed E-state index contributed by atoms with van der Waals surface area (Å²) in [6.45, 7) is 3.65. The van der Waals surface area contributed by atoms with Gasteiger partial charge in [0.05, 0.1) is 18.0 Å². The van der Waals surface area contributed by atoms with Gasteiger partial charge in [-0.3, -0.25) is 9.97 Å². The van der Waals surface area contributed by atoms with Crippen molar-refractivity contribution >= 4 is 17.3 Å². The molecule has 100 valence electrons. The van der Waals surface area contributed by atoms with Gasteiger partial charge in [0.1, 0.15) is 5.54 Å². The van der Waals surface area contributed by atoms with E-state index in [1.807, 2.05) is 26.0 Å². The molecule has 5 heteroatoms.